The maximum absolute atomic E-state index is 5.43. The summed E-state index contributed by atoms with van der Waals surface area (Å²) in [6.07, 6.45) is 6.50. The van der Waals surface area contributed by atoms with Crippen LogP contribution in [0.15, 0.2) is 12.1 Å². The summed E-state index contributed by atoms with van der Waals surface area (Å²) >= 11 is 0. The van der Waals surface area contributed by atoms with Crippen LogP contribution in [-0.4, -0.2) is 23.6 Å². The summed E-state index contributed by atoms with van der Waals surface area (Å²) in [5, 5.41) is 3.49. The Balaban J connectivity index is 2.83. The van der Waals surface area contributed by atoms with Gasteiger partial charge in [-0.05, 0) is 45.7 Å². The van der Waals surface area contributed by atoms with Crippen LogP contribution < -0.4 is 10.2 Å². The summed E-state index contributed by atoms with van der Waals surface area (Å²) in [6, 6.07) is 4.22. The van der Waals surface area contributed by atoms with Gasteiger partial charge in [0.15, 0.2) is 0 Å². The average Bonchev–Trinajstić information content (AvgIpc) is 2.36. The zero-order chi connectivity index (χ0) is 15.2. The second-order valence-electron chi connectivity index (χ2n) is 6.14. The molecule has 0 aromatic carbocycles. The Morgan fingerprint density at radius 1 is 1.35 bits per heavy atom. The molecule has 0 bridgehead atoms. The zero-order valence-electron chi connectivity index (χ0n) is 13.5. The van der Waals surface area contributed by atoms with E-state index in [1.54, 1.807) is 0 Å². The Hall–Kier alpha value is -1.53. The van der Waals surface area contributed by atoms with E-state index in [-0.39, 0.29) is 5.54 Å². The predicted molar refractivity (Wildman–Crippen MR) is 86.9 cm³/mol. The minimum atomic E-state index is 0.114. The largest absolute Gasteiger partial charge is 0.345 e. The third-order valence-electron chi connectivity index (χ3n) is 3.09. The second kappa shape index (κ2) is 7.31. The first kappa shape index (κ1) is 16.5. The smallest absolute Gasteiger partial charge is 0.129 e. The average molecular weight is 273 g/mol. The highest BCUT2D eigenvalue weighted by Crippen LogP contribution is 2.16. The molecule has 0 amide bonds. The molecule has 20 heavy (non-hydrogen) atoms. The number of anilines is 1. The number of aromatic nitrogens is 1. The van der Waals surface area contributed by atoms with Gasteiger partial charge < -0.3 is 10.2 Å². The molecule has 1 aromatic rings. The van der Waals surface area contributed by atoms with Gasteiger partial charge in [-0.3, -0.25) is 0 Å². The quantitative estimate of drug-likeness (QED) is 0.807. The van der Waals surface area contributed by atoms with Gasteiger partial charge in [0.2, 0.25) is 0 Å². The normalized spacial score (nSPS) is 11.2. The van der Waals surface area contributed by atoms with Crippen molar-refractivity contribution in [3.8, 4) is 12.3 Å². The minimum Gasteiger partial charge on any atom is -0.345 e. The van der Waals surface area contributed by atoms with Crippen LogP contribution in [0.4, 0.5) is 5.82 Å². The van der Waals surface area contributed by atoms with Crippen molar-refractivity contribution in [3.63, 3.8) is 0 Å². The van der Waals surface area contributed by atoms with Gasteiger partial charge in [-0.25, -0.2) is 4.98 Å². The lowest BCUT2D eigenvalue weighted by molar-refractivity contribution is 0.423. The van der Waals surface area contributed by atoms with E-state index < -0.39 is 0 Å². The van der Waals surface area contributed by atoms with Gasteiger partial charge >= 0.3 is 0 Å². The highest BCUT2D eigenvalue weighted by atomic mass is 15.2. The third kappa shape index (κ3) is 5.22. The molecule has 0 unspecified atom stereocenters. The van der Waals surface area contributed by atoms with Crippen molar-refractivity contribution in [1.29, 1.82) is 0 Å². The molecule has 0 fully saturated rings. The van der Waals surface area contributed by atoms with Gasteiger partial charge in [0, 0.05) is 24.3 Å². The van der Waals surface area contributed by atoms with Gasteiger partial charge in [-0.15, -0.1) is 6.42 Å². The molecule has 3 nitrogen and oxygen atoms in total. The fraction of sp³-hybridized carbons (Fsp3) is 0.588. The van der Waals surface area contributed by atoms with Crippen LogP contribution in [0.25, 0.3) is 0 Å². The van der Waals surface area contributed by atoms with Crippen LogP contribution in [0.2, 0.25) is 0 Å². The van der Waals surface area contributed by atoms with Gasteiger partial charge in [0.1, 0.15) is 5.82 Å². The van der Waals surface area contributed by atoms with E-state index in [9.17, 15) is 0 Å². The molecule has 0 saturated carbocycles. The zero-order valence-corrected chi connectivity index (χ0v) is 13.5. The molecular formula is C17H27N3. The molecule has 1 aromatic heterocycles. The molecule has 1 N–H and O–H groups in total. The summed E-state index contributed by atoms with van der Waals surface area (Å²) in [5.41, 5.74) is 2.42. The van der Waals surface area contributed by atoms with Crippen molar-refractivity contribution in [1.82, 2.24) is 10.3 Å². The topological polar surface area (TPSA) is 28.2 Å². The summed E-state index contributed by atoms with van der Waals surface area (Å²) < 4.78 is 0. The van der Waals surface area contributed by atoms with E-state index in [1.807, 2.05) is 0 Å². The first-order valence-electron chi connectivity index (χ1n) is 7.27. The lowest BCUT2D eigenvalue weighted by Crippen LogP contribution is -2.35. The molecule has 0 aliphatic carbocycles. The molecule has 0 saturated heterocycles. The minimum absolute atomic E-state index is 0.114. The summed E-state index contributed by atoms with van der Waals surface area (Å²) in [7, 11) is 0. The molecule has 1 heterocycles. The number of rotatable bonds is 6. The molecule has 3 heteroatoms. The van der Waals surface area contributed by atoms with Gasteiger partial charge in [0.05, 0.1) is 6.54 Å². The molecule has 0 aliphatic rings. The molecule has 0 aliphatic heterocycles. The number of nitrogens with zero attached hydrogens (tertiary/aromatic N) is 2. The van der Waals surface area contributed by atoms with Gasteiger partial charge in [-0.1, -0.05) is 18.9 Å². The van der Waals surface area contributed by atoms with Crippen molar-refractivity contribution in [2.75, 3.05) is 18.0 Å². The van der Waals surface area contributed by atoms with Crippen molar-refractivity contribution >= 4 is 5.82 Å². The number of hydrogen-bond acceptors (Lipinski definition) is 3. The Morgan fingerprint density at radius 3 is 2.55 bits per heavy atom. The summed E-state index contributed by atoms with van der Waals surface area (Å²) in [4.78, 5) is 6.85. The molecular weight excluding hydrogens is 246 g/mol. The lowest BCUT2D eigenvalue weighted by atomic mass is 10.1. The summed E-state index contributed by atoms with van der Waals surface area (Å²) in [6.45, 7) is 13.1. The van der Waals surface area contributed by atoms with Gasteiger partial charge in [0.25, 0.3) is 0 Å². The highest BCUT2D eigenvalue weighted by molar-refractivity contribution is 5.42. The van der Waals surface area contributed by atoms with Crippen molar-refractivity contribution in [3.05, 3.63) is 23.4 Å². The van der Waals surface area contributed by atoms with E-state index in [1.165, 1.54) is 5.56 Å². The second-order valence-corrected chi connectivity index (χ2v) is 6.14. The first-order chi connectivity index (χ1) is 9.37. The molecule has 0 atom stereocenters. The van der Waals surface area contributed by atoms with Crippen LogP contribution in [-0.2, 0) is 6.54 Å². The van der Waals surface area contributed by atoms with Crippen molar-refractivity contribution in [2.45, 2.75) is 53.1 Å². The SMILES string of the molecule is C#CCN(CCC)c1ccc(CNC(C)(C)C)c(C)n1. The van der Waals surface area contributed by atoms with Crippen molar-refractivity contribution < 1.29 is 0 Å². The highest BCUT2D eigenvalue weighted by Gasteiger charge is 2.11. The number of hydrogen-bond donors (Lipinski definition) is 1. The third-order valence-corrected chi connectivity index (χ3v) is 3.09. The number of terminal acetylenes is 1. The first-order valence-corrected chi connectivity index (χ1v) is 7.27. The van der Waals surface area contributed by atoms with Crippen LogP contribution in [0, 0.1) is 19.3 Å². The maximum atomic E-state index is 5.43. The maximum Gasteiger partial charge on any atom is 0.129 e. The molecule has 1 rings (SSSR count). The van der Waals surface area contributed by atoms with Crippen LogP contribution in [0.5, 0.6) is 0 Å². The number of aryl methyl sites for hydroxylation is 1. The molecule has 0 spiro atoms. The van der Waals surface area contributed by atoms with Gasteiger partial charge in [-0.2, -0.15) is 0 Å². The Bertz CT molecular complexity index is 466. The summed E-state index contributed by atoms with van der Waals surface area (Å²) in [5.74, 6) is 3.68. The number of nitrogens with one attached hydrogen (secondary N) is 1. The monoisotopic (exact) mass is 273 g/mol. The number of pyridine rings is 1. The predicted octanol–water partition coefficient (Wildman–Crippen LogP) is 3.13. The lowest BCUT2D eigenvalue weighted by Gasteiger charge is -2.23. The Kier molecular flexibility index (Phi) is 6.04. The van der Waals surface area contributed by atoms with Crippen LogP contribution >= 0.6 is 0 Å². The van der Waals surface area contributed by atoms with Crippen LogP contribution in [0.3, 0.4) is 0 Å². The van der Waals surface area contributed by atoms with E-state index in [0.29, 0.717) is 6.54 Å². The van der Waals surface area contributed by atoms with Crippen molar-refractivity contribution in [2.24, 2.45) is 0 Å². The Labute approximate surface area is 123 Å². The Morgan fingerprint density at radius 2 is 2.05 bits per heavy atom. The van der Waals surface area contributed by atoms with E-state index >= 15 is 0 Å². The van der Waals surface area contributed by atoms with Crippen LogP contribution in [0.1, 0.15) is 45.4 Å². The molecule has 0 radical (unpaired) electrons. The van der Waals surface area contributed by atoms with E-state index in [2.05, 4.69) is 62.9 Å². The van der Waals surface area contributed by atoms with E-state index in [0.717, 1.165) is 31.0 Å². The fourth-order valence-corrected chi connectivity index (χ4v) is 1.95. The standard InChI is InChI=1S/C17H27N3/c1-7-11-20(12-8-2)16-10-9-15(14(3)19-16)13-18-17(4,5)6/h1,9-10,18H,8,11-13H2,2-6H3. The molecule has 110 valence electrons. The van der Waals surface area contributed by atoms with E-state index in [4.69, 9.17) is 11.4 Å². The fourth-order valence-electron chi connectivity index (χ4n) is 1.95.